The van der Waals surface area contributed by atoms with Gasteiger partial charge in [0.25, 0.3) is 10.1 Å². The smallest absolute Gasteiger partial charge is 0.872 e. The van der Waals surface area contributed by atoms with Gasteiger partial charge in [0.2, 0.25) is 0 Å². The second-order valence-corrected chi connectivity index (χ2v) is 8.41. The van der Waals surface area contributed by atoms with Crippen molar-refractivity contribution in [3.05, 3.63) is 48.0 Å². The van der Waals surface area contributed by atoms with Gasteiger partial charge in [-0.3, -0.25) is 4.55 Å². The van der Waals surface area contributed by atoms with Crippen molar-refractivity contribution in [3.63, 3.8) is 0 Å². The van der Waals surface area contributed by atoms with Crippen molar-refractivity contribution >= 4 is 10.1 Å². The van der Waals surface area contributed by atoms with E-state index in [1.807, 2.05) is 18.2 Å². The average molecular weight is 429 g/mol. The standard InChI is InChI=1S/C22H30O5S.Na/c1-2-3-4-5-6-7-8-9-12-18-13-10-11-14-20(18)27-21-16-15-19(23)17-22(21)28(24,25)26;/h10-11,13-17,23H,2-9,12H2,1H3,(H,24,25,26);/q;+1/p-1. The van der Waals surface area contributed by atoms with Gasteiger partial charge in [-0.25, -0.2) is 0 Å². The van der Waals surface area contributed by atoms with Gasteiger partial charge < -0.3 is 9.84 Å². The van der Waals surface area contributed by atoms with Gasteiger partial charge in [0.15, 0.2) is 0 Å². The number of rotatable bonds is 12. The van der Waals surface area contributed by atoms with Crippen LogP contribution in [-0.2, 0) is 16.5 Å². The molecule has 0 aliphatic carbocycles. The average Bonchev–Trinajstić information content (AvgIpc) is 2.65. The van der Waals surface area contributed by atoms with E-state index in [1.165, 1.54) is 50.7 Å². The predicted octanol–water partition coefficient (Wildman–Crippen LogP) is 2.49. The fraction of sp³-hybridized carbons (Fsp3) is 0.455. The summed E-state index contributed by atoms with van der Waals surface area (Å²) in [5.74, 6) is -0.0216. The molecule has 0 bridgehead atoms. The van der Waals surface area contributed by atoms with Crippen LogP contribution in [-0.4, -0.2) is 13.0 Å². The molecular weight excluding hydrogens is 399 g/mol. The molecule has 1 N–H and O–H groups in total. The van der Waals surface area contributed by atoms with Gasteiger partial charge in [0.1, 0.15) is 16.4 Å². The van der Waals surface area contributed by atoms with Crippen molar-refractivity contribution in [2.45, 2.75) is 69.6 Å². The molecule has 0 radical (unpaired) electrons. The second kappa shape index (κ2) is 13.3. The first-order valence-electron chi connectivity index (χ1n) is 9.96. The van der Waals surface area contributed by atoms with E-state index in [9.17, 15) is 18.1 Å². The number of ether oxygens (including phenoxy) is 1. The molecule has 0 spiro atoms. The van der Waals surface area contributed by atoms with E-state index in [4.69, 9.17) is 4.74 Å². The topological polar surface area (TPSA) is 86.7 Å². The molecule has 0 saturated heterocycles. The molecule has 2 aromatic carbocycles. The molecule has 0 aliphatic heterocycles. The molecule has 154 valence electrons. The summed E-state index contributed by atoms with van der Waals surface area (Å²) in [6.07, 6.45) is 10.6. The van der Waals surface area contributed by atoms with Crippen molar-refractivity contribution < 1.29 is 52.4 Å². The summed E-state index contributed by atoms with van der Waals surface area (Å²) in [6, 6.07) is 10.8. The summed E-state index contributed by atoms with van der Waals surface area (Å²) in [7, 11) is -4.55. The van der Waals surface area contributed by atoms with Crippen molar-refractivity contribution in [2.75, 3.05) is 0 Å². The van der Waals surface area contributed by atoms with E-state index in [1.54, 1.807) is 6.07 Å². The first-order valence-corrected chi connectivity index (χ1v) is 11.4. The van der Waals surface area contributed by atoms with Crippen LogP contribution < -0.4 is 39.4 Å². The molecule has 0 fully saturated rings. The van der Waals surface area contributed by atoms with Gasteiger partial charge in [0, 0.05) is 0 Å². The predicted molar refractivity (Wildman–Crippen MR) is 109 cm³/mol. The SMILES string of the molecule is CCCCCCCCCCc1ccccc1Oc1ccc([O-])cc1S(=O)(=O)O.[Na+]. The zero-order valence-electron chi connectivity index (χ0n) is 17.4. The van der Waals surface area contributed by atoms with Crippen molar-refractivity contribution in [1.82, 2.24) is 0 Å². The van der Waals surface area contributed by atoms with E-state index in [2.05, 4.69) is 6.92 Å². The van der Waals surface area contributed by atoms with E-state index in [0.717, 1.165) is 30.9 Å². The zero-order valence-corrected chi connectivity index (χ0v) is 20.2. The van der Waals surface area contributed by atoms with Crippen LogP contribution in [0.5, 0.6) is 17.2 Å². The van der Waals surface area contributed by atoms with Gasteiger partial charge in [-0.2, -0.15) is 8.42 Å². The van der Waals surface area contributed by atoms with Crippen LogP contribution in [0, 0.1) is 0 Å². The molecule has 0 saturated carbocycles. The third-order valence-electron chi connectivity index (χ3n) is 4.69. The van der Waals surface area contributed by atoms with Crippen LogP contribution in [0.1, 0.15) is 63.9 Å². The molecule has 5 nitrogen and oxygen atoms in total. The van der Waals surface area contributed by atoms with Crippen molar-refractivity contribution in [1.29, 1.82) is 0 Å². The molecule has 2 aromatic rings. The number of unbranched alkanes of at least 4 members (excludes halogenated alkanes) is 7. The fourth-order valence-electron chi connectivity index (χ4n) is 3.15. The molecule has 0 aromatic heterocycles. The van der Waals surface area contributed by atoms with E-state index in [0.29, 0.717) is 5.75 Å². The number of para-hydroxylation sites is 1. The molecule has 7 heteroatoms. The maximum atomic E-state index is 11.6. The van der Waals surface area contributed by atoms with Gasteiger partial charge in [-0.05, 0) is 36.6 Å². The minimum atomic E-state index is -4.55. The summed E-state index contributed by atoms with van der Waals surface area (Å²) >= 11 is 0. The molecule has 0 aliphatic rings. The normalized spacial score (nSPS) is 11.1. The van der Waals surface area contributed by atoms with Crippen LogP contribution in [0.4, 0.5) is 0 Å². The van der Waals surface area contributed by atoms with E-state index < -0.39 is 20.8 Å². The quantitative estimate of drug-likeness (QED) is 0.319. The molecule has 2 rings (SSSR count). The summed E-state index contributed by atoms with van der Waals surface area (Å²) in [5, 5.41) is 11.5. The van der Waals surface area contributed by atoms with Crippen LogP contribution in [0.2, 0.25) is 0 Å². The molecule has 0 amide bonds. The van der Waals surface area contributed by atoms with Crippen molar-refractivity contribution in [3.8, 4) is 17.2 Å². The Kier molecular flexibility index (Phi) is 11.9. The fourth-order valence-corrected chi connectivity index (χ4v) is 3.78. The number of aryl methyl sites for hydroxylation is 1. The summed E-state index contributed by atoms with van der Waals surface area (Å²) in [5.41, 5.74) is 0.973. The van der Waals surface area contributed by atoms with Crippen molar-refractivity contribution in [2.24, 2.45) is 0 Å². The Balaban J connectivity index is 0.00000420. The van der Waals surface area contributed by atoms with Gasteiger partial charge in [0.05, 0.1) is 0 Å². The number of hydrogen-bond acceptors (Lipinski definition) is 4. The Morgan fingerprint density at radius 2 is 1.52 bits per heavy atom. The molecular formula is C22H29NaO5S. The van der Waals surface area contributed by atoms with Gasteiger partial charge in [-0.1, -0.05) is 76.1 Å². The molecule has 0 atom stereocenters. The van der Waals surface area contributed by atoms with Crippen LogP contribution in [0.15, 0.2) is 47.4 Å². The summed E-state index contributed by atoms with van der Waals surface area (Å²) in [4.78, 5) is -0.512. The Labute approximate surface area is 196 Å². The molecule has 0 unspecified atom stereocenters. The van der Waals surface area contributed by atoms with Gasteiger partial charge in [-0.15, -0.1) is 5.75 Å². The Hall–Kier alpha value is -1.05. The second-order valence-electron chi connectivity index (χ2n) is 7.02. The minimum Gasteiger partial charge on any atom is -0.872 e. The largest absolute Gasteiger partial charge is 1.00 e. The number of hydrogen-bond donors (Lipinski definition) is 1. The summed E-state index contributed by atoms with van der Waals surface area (Å²) < 4.78 is 38.3. The Bertz CT molecular complexity index is 852. The first-order chi connectivity index (χ1) is 13.4. The maximum absolute atomic E-state index is 11.6. The molecule has 29 heavy (non-hydrogen) atoms. The maximum Gasteiger partial charge on any atom is 1.00 e. The third kappa shape index (κ3) is 9.09. The van der Waals surface area contributed by atoms with Gasteiger partial charge >= 0.3 is 29.6 Å². The van der Waals surface area contributed by atoms with Crippen LogP contribution in [0.3, 0.4) is 0 Å². The van der Waals surface area contributed by atoms with E-state index >= 15 is 0 Å². The minimum absolute atomic E-state index is 0. The molecule has 0 heterocycles. The number of benzene rings is 2. The zero-order chi connectivity index (χ0) is 20.4. The third-order valence-corrected chi connectivity index (χ3v) is 5.56. The van der Waals surface area contributed by atoms with Crippen LogP contribution in [0.25, 0.3) is 0 Å². The van der Waals surface area contributed by atoms with Crippen LogP contribution >= 0.6 is 0 Å². The van der Waals surface area contributed by atoms with E-state index in [-0.39, 0.29) is 35.3 Å². The Morgan fingerprint density at radius 1 is 0.897 bits per heavy atom. The summed E-state index contributed by atoms with van der Waals surface area (Å²) in [6.45, 7) is 2.22. The Morgan fingerprint density at radius 3 is 2.17 bits per heavy atom. The monoisotopic (exact) mass is 428 g/mol. The first kappa shape index (κ1) is 26.0.